The van der Waals surface area contributed by atoms with Crippen LogP contribution in [0.1, 0.15) is 38.5 Å². The third-order valence-corrected chi connectivity index (χ3v) is 4.76. The highest BCUT2D eigenvalue weighted by molar-refractivity contribution is 5.91. The fourth-order valence-corrected chi connectivity index (χ4v) is 3.37. The Bertz CT molecular complexity index is 709. The zero-order valence-electron chi connectivity index (χ0n) is 16.7. The van der Waals surface area contributed by atoms with Gasteiger partial charge in [0.2, 0.25) is 5.91 Å². The van der Waals surface area contributed by atoms with Crippen LogP contribution in [0.4, 0.5) is 5.69 Å². The van der Waals surface area contributed by atoms with Gasteiger partial charge in [-0.2, -0.15) is 0 Å². The molecular weight excluding hydrogens is 338 g/mol. The Morgan fingerprint density at radius 3 is 2.19 bits per heavy atom. The minimum atomic E-state index is 0.00308. The van der Waals surface area contributed by atoms with Crippen molar-refractivity contribution in [3.8, 4) is 0 Å². The SMILES string of the molecule is CC(C)(C)CC(=O)Nc1ccc(CN2CCN(Cc3ccco3)CC2)cc1. The Labute approximate surface area is 162 Å². The molecule has 1 aliphatic heterocycles. The number of nitrogens with one attached hydrogen (secondary N) is 1. The molecule has 1 aliphatic rings. The van der Waals surface area contributed by atoms with E-state index in [1.807, 2.05) is 24.3 Å². The highest BCUT2D eigenvalue weighted by Crippen LogP contribution is 2.20. The average Bonchev–Trinajstić information content (AvgIpc) is 3.10. The number of nitrogens with zero attached hydrogens (tertiary/aromatic N) is 2. The van der Waals surface area contributed by atoms with Gasteiger partial charge in [-0.25, -0.2) is 0 Å². The summed E-state index contributed by atoms with van der Waals surface area (Å²) in [4.78, 5) is 17.0. The molecule has 27 heavy (non-hydrogen) atoms. The van der Waals surface area contributed by atoms with E-state index in [0.29, 0.717) is 6.42 Å². The topological polar surface area (TPSA) is 48.7 Å². The Kier molecular flexibility index (Phi) is 6.34. The van der Waals surface area contributed by atoms with Crippen molar-refractivity contribution in [1.82, 2.24) is 9.80 Å². The van der Waals surface area contributed by atoms with E-state index in [1.165, 1.54) is 5.56 Å². The van der Waals surface area contributed by atoms with Crippen LogP contribution in [0.3, 0.4) is 0 Å². The van der Waals surface area contributed by atoms with Gasteiger partial charge in [0.15, 0.2) is 0 Å². The molecule has 1 fully saturated rings. The lowest BCUT2D eigenvalue weighted by Gasteiger charge is -2.34. The maximum Gasteiger partial charge on any atom is 0.224 e. The van der Waals surface area contributed by atoms with E-state index in [-0.39, 0.29) is 11.3 Å². The van der Waals surface area contributed by atoms with Crippen LogP contribution >= 0.6 is 0 Å². The lowest BCUT2D eigenvalue weighted by atomic mass is 9.92. The van der Waals surface area contributed by atoms with Gasteiger partial charge in [-0.3, -0.25) is 14.6 Å². The first kappa shape index (κ1) is 19.6. The van der Waals surface area contributed by atoms with Gasteiger partial charge in [0.1, 0.15) is 5.76 Å². The van der Waals surface area contributed by atoms with Crippen molar-refractivity contribution < 1.29 is 9.21 Å². The van der Waals surface area contributed by atoms with Crippen molar-refractivity contribution in [2.24, 2.45) is 5.41 Å². The van der Waals surface area contributed by atoms with Gasteiger partial charge in [-0.1, -0.05) is 32.9 Å². The van der Waals surface area contributed by atoms with Crippen LogP contribution in [-0.4, -0.2) is 41.9 Å². The van der Waals surface area contributed by atoms with E-state index < -0.39 is 0 Å². The van der Waals surface area contributed by atoms with E-state index in [0.717, 1.165) is 50.7 Å². The molecule has 1 amide bonds. The highest BCUT2D eigenvalue weighted by Gasteiger charge is 2.18. The van der Waals surface area contributed by atoms with Crippen LogP contribution in [0, 0.1) is 5.41 Å². The Morgan fingerprint density at radius 1 is 1.00 bits per heavy atom. The van der Waals surface area contributed by atoms with E-state index in [9.17, 15) is 4.79 Å². The summed E-state index contributed by atoms with van der Waals surface area (Å²) in [7, 11) is 0. The van der Waals surface area contributed by atoms with Crippen molar-refractivity contribution in [3.05, 3.63) is 54.0 Å². The maximum atomic E-state index is 12.0. The minimum Gasteiger partial charge on any atom is -0.468 e. The molecule has 3 rings (SSSR count). The van der Waals surface area contributed by atoms with E-state index in [2.05, 4.69) is 48.0 Å². The molecule has 5 heteroatoms. The van der Waals surface area contributed by atoms with Crippen LogP contribution in [0.25, 0.3) is 0 Å². The van der Waals surface area contributed by atoms with Crippen LogP contribution in [0.2, 0.25) is 0 Å². The maximum absolute atomic E-state index is 12.0. The fourth-order valence-electron chi connectivity index (χ4n) is 3.37. The molecule has 0 spiro atoms. The van der Waals surface area contributed by atoms with Gasteiger partial charge in [-0.05, 0) is 35.2 Å². The molecule has 1 aromatic heterocycles. The first-order valence-electron chi connectivity index (χ1n) is 9.73. The molecule has 0 aliphatic carbocycles. The lowest BCUT2D eigenvalue weighted by Crippen LogP contribution is -2.45. The van der Waals surface area contributed by atoms with Crippen LogP contribution in [0.5, 0.6) is 0 Å². The number of amides is 1. The van der Waals surface area contributed by atoms with Crippen molar-refractivity contribution in [3.63, 3.8) is 0 Å². The first-order valence-corrected chi connectivity index (χ1v) is 9.73. The molecule has 0 bridgehead atoms. The van der Waals surface area contributed by atoms with Gasteiger partial charge >= 0.3 is 0 Å². The normalized spacial score (nSPS) is 16.4. The molecule has 0 radical (unpaired) electrons. The summed E-state index contributed by atoms with van der Waals surface area (Å²) < 4.78 is 5.44. The molecule has 146 valence electrons. The minimum absolute atomic E-state index is 0.00308. The molecule has 0 saturated carbocycles. The largest absolute Gasteiger partial charge is 0.468 e. The van der Waals surface area contributed by atoms with Crippen molar-refractivity contribution in [2.45, 2.75) is 40.3 Å². The Hall–Kier alpha value is -2.11. The van der Waals surface area contributed by atoms with Crippen molar-refractivity contribution in [2.75, 3.05) is 31.5 Å². The number of piperazine rings is 1. The van der Waals surface area contributed by atoms with Gasteiger partial charge in [-0.15, -0.1) is 0 Å². The number of benzene rings is 1. The predicted molar refractivity (Wildman–Crippen MR) is 108 cm³/mol. The van der Waals surface area contributed by atoms with Gasteiger partial charge in [0.25, 0.3) is 0 Å². The number of carbonyl (C=O) groups excluding carboxylic acids is 1. The summed E-state index contributed by atoms with van der Waals surface area (Å²) in [5, 5.41) is 2.99. The van der Waals surface area contributed by atoms with Crippen molar-refractivity contribution >= 4 is 11.6 Å². The standard InChI is InChI=1S/C22H31N3O2/c1-22(2,3)15-21(26)23-19-8-6-18(7-9-19)16-24-10-12-25(13-11-24)17-20-5-4-14-27-20/h4-9,14H,10-13,15-17H2,1-3H3,(H,23,26). The van der Waals surface area contributed by atoms with E-state index in [4.69, 9.17) is 4.42 Å². The Morgan fingerprint density at radius 2 is 1.63 bits per heavy atom. The van der Waals surface area contributed by atoms with Crippen molar-refractivity contribution in [1.29, 1.82) is 0 Å². The monoisotopic (exact) mass is 369 g/mol. The first-order chi connectivity index (χ1) is 12.9. The summed E-state index contributed by atoms with van der Waals surface area (Å²) in [5.74, 6) is 1.11. The second kappa shape index (κ2) is 8.72. The fraction of sp³-hybridized carbons (Fsp3) is 0.500. The molecule has 1 aromatic carbocycles. The summed E-state index contributed by atoms with van der Waals surface area (Å²) in [5.41, 5.74) is 2.16. The number of hydrogen-bond acceptors (Lipinski definition) is 4. The summed E-state index contributed by atoms with van der Waals surface area (Å²) in [6, 6.07) is 12.2. The predicted octanol–water partition coefficient (Wildman–Crippen LogP) is 3.97. The molecule has 1 saturated heterocycles. The smallest absolute Gasteiger partial charge is 0.224 e. The average molecular weight is 370 g/mol. The third kappa shape index (κ3) is 6.52. The zero-order valence-corrected chi connectivity index (χ0v) is 16.7. The molecule has 2 heterocycles. The number of anilines is 1. The molecule has 0 atom stereocenters. The van der Waals surface area contributed by atoms with E-state index in [1.54, 1.807) is 6.26 Å². The van der Waals surface area contributed by atoms with Crippen LogP contribution < -0.4 is 5.32 Å². The van der Waals surface area contributed by atoms with Gasteiger partial charge < -0.3 is 9.73 Å². The quantitative estimate of drug-likeness (QED) is 0.837. The summed E-state index contributed by atoms with van der Waals surface area (Å²) in [6.07, 6.45) is 2.26. The summed E-state index contributed by atoms with van der Waals surface area (Å²) in [6.45, 7) is 12.3. The second-order valence-electron chi connectivity index (χ2n) is 8.61. The highest BCUT2D eigenvalue weighted by atomic mass is 16.3. The third-order valence-electron chi connectivity index (χ3n) is 4.76. The van der Waals surface area contributed by atoms with Crippen LogP contribution in [0.15, 0.2) is 47.1 Å². The number of rotatable bonds is 6. The molecule has 0 unspecified atom stereocenters. The van der Waals surface area contributed by atoms with Gasteiger partial charge in [0.05, 0.1) is 12.8 Å². The Balaban J connectivity index is 1.43. The number of carbonyl (C=O) groups is 1. The number of hydrogen-bond donors (Lipinski definition) is 1. The molecule has 2 aromatic rings. The molecule has 5 nitrogen and oxygen atoms in total. The van der Waals surface area contributed by atoms with Gasteiger partial charge in [0, 0.05) is 44.8 Å². The molecular formula is C22H31N3O2. The van der Waals surface area contributed by atoms with E-state index >= 15 is 0 Å². The number of furan rings is 1. The lowest BCUT2D eigenvalue weighted by molar-refractivity contribution is -0.117. The molecule has 1 N–H and O–H groups in total. The second-order valence-corrected chi connectivity index (χ2v) is 8.61. The summed E-state index contributed by atoms with van der Waals surface area (Å²) >= 11 is 0. The zero-order chi connectivity index (χ0) is 19.3. The van der Waals surface area contributed by atoms with Crippen LogP contribution in [-0.2, 0) is 17.9 Å².